The highest BCUT2D eigenvalue weighted by Crippen LogP contribution is 2.15. The monoisotopic (exact) mass is 201 g/mol. The van der Waals surface area contributed by atoms with Gasteiger partial charge in [-0.2, -0.15) is 11.8 Å². The largest absolute Gasteiger partial charge is 0.246 e. The fraction of sp³-hybridized carbons (Fsp3) is 0.667. The average Bonchev–Trinajstić information content (AvgIpc) is 2.45. The summed E-state index contributed by atoms with van der Waals surface area (Å²) in [6.45, 7) is 4.29. The van der Waals surface area contributed by atoms with Crippen molar-refractivity contribution in [2.45, 2.75) is 32.4 Å². The van der Waals surface area contributed by atoms with Crippen LogP contribution < -0.4 is 0 Å². The molecular weight excluding hydrogens is 186 g/mol. The van der Waals surface area contributed by atoms with Crippen molar-refractivity contribution in [1.29, 1.82) is 0 Å². The number of thiazole rings is 1. The number of unbranched alkanes of at least 4 members (excludes halogenated alkanes) is 1. The Balaban J connectivity index is 2.15. The van der Waals surface area contributed by atoms with E-state index >= 15 is 0 Å². The van der Waals surface area contributed by atoms with Crippen LogP contribution in [-0.4, -0.2) is 10.7 Å². The summed E-state index contributed by atoms with van der Waals surface area (Å²) in [6, 6.07) is 0. The quantitative estimate of drug-likeness (QED) is 0.676. The lowest BCUT2D eigenvalue weighted by atomic mass is 10.4. The van der Waals surface area contributed by atoms with Gasteiger partial charge in [0.05, 0.1) is 10.7 Å². The molecule has 0 aliphatic rings. The number of hydrogen-bond acceptors (Lipinski definition) is 3. The van der Waals surface area contributed by atoms with Gasteiger partial charge in [0.2, 0.25) is 0 Å². The lowest BCUT2D eigenvalue weighted by Gasteiger charge is -1.95. The lowest BCUT2D eigenvalue weighted by molar-refractivity contribution is 0.895. The maximum atomic E-state index is 4.41. The van der Waals surface area contributed by atoms with Crippen LogP contribution in [0.25, 0.3) is 0 Å². The molecule has 0 fully saturated rings. The second kappa shape index (κ2) is 5.60. The summed E-state index contributed by atoms with van der Waals surface area (Å²) < 4.78 is 0. The van der Waals surface area contributed by atoms with Gasteiger partial charge in [0.25, 0.3) is 0 Å². The maximum absolute atomic E-state index is 4.41. The SMILES string of the molecule is CCCCSCc1csc(C)n1. The van der Waals surface area contributed by atoms with Gasteiger partial charge in [-0.25, -0.2) is 4.98 Å². The topological polar surface area (TPSA) is 12.9 Å². The third kappa shape index (κ3) is 3.59. The highest BCUT2D eigenvalue weighted by atomic mass is 32.2. The molecule has 0 saturated heterocycles. The van der Waals surface area contributed by atoms with Gasteiger partial charge in [-0.3, -0.25) is 0 Å². The first-order chi connectivity index (χ1) is 5.83. The summed E-state index contributed by atoms with van der Waals surface area (Å²) in [7, 11) is 0. The summed E-state index contributed by atoms with van der Waals surface area (Å²) >= 11 is 3.73. The van der Waals surface area contributed by atoms with Crippen molar-refractivity contribution in [3.05, 3.63) is 16.1 Å². The van der Waals surface area contributed by atoms with Crippen molar-refractivity contribution in [1.82, 2.24) is 4.98 Å². The van der Waals surface area contributed by atoms with E-state index in [1.165, 1.54) is 29.3 Å². The van der Waals surface area contributed by atoms with Crippen molar-refractivity contribution in [2.24, 2.45) is 0 Å². The van der Waals surface area contributed by atoms with Gasteiger partial charge in [0.1, 0.15) is 0 Å². The third-order valence-corrected chi connectivity index (χ3v) is 3.46. The Morgan fingerprint density at radius 3 is 3.00 bits per heavy atom. The first-order valence-electron chi connectivity index (χ1n) is 4.31. The Morgan fingerprint density at radius 1 is 1.58 bits per heavy atom. The fourth-order valence-corrected chi connectivity index (χ4v) is 2.61. The van der Waals surface area contributed by atoms with E-state index in [0.717, 1.165) is 5.75 Å². The second-order valence-corrected chi connectivity index (χ2v) is 4.93. The molecule has 0 bridgehead atoms. The Morgan fingerprint density at radius 2 is 2.42 bits per heavy atom. The van der Waals surface area contributed by atoms with Crippen molar-refractivity contribution in [3.63, 3.8) is 0 Å². The second-order valence-electron chi connectivity index (χ2n) is 2.76. The van der Waals surface area contributed by atoms with Crippen LogP contribution in [0.2, 0.25) is 0 Å². The molecule has 0 saturated carbocycles. The Hall–Kier alpha value is -0.0200. The predicted octanol–water partition coefficient (Wildman–Crippen LogP) is 3.48. The maximum Gasteiger partial charge on any atom is 0.0897 e. The number of aryl methyl sites for hydroxylation is 1. The van der Waals surface area contributed by atoms with E-state index in [4.69, 9.17) is 0 Å². The van der Waals surface area contributed by atoms with E-state index in [1.54, 1.807) is 11.3 Å². The van der Waals surface area contributed by atoms with Crippen LogP contribution in [0, 0.1) is 6.92 Å². The Labute approximate surface area is 82.6 Å². The predicted molar refractivity (Wildman–Crippen MR) is 57.9 cm³/mol. The number of hydrogen-bond donors (Lipinski definition) is 0. The van der Waals surface area contributed by atoms with Crippen LogP contribution >= 0.6 is 23.1 Å². The van der Waals surface area contributed by atoms with E-state index in [2.05, 4.69) is 24.2 Å². The first-order valence-corrected chi connectivity index (χ1v) is 6.35. The lowest BCUT2D eigenvalue weighted by Crippen LogP contribution is -1.83. The van der Waals surface area contributed by atoms with Crippen molar-refractivity contribution in [3.8, 4) is 0 Å². The van der Waals surface area contributed by atoms with E-state index in [9.17, 15) is 0 Å². The minimum atomic E-state index is 1.09. The fourth-order valence-electron chi connectivity index (χ4n) is 0.898. The highest BCUT2D eigenvalue weighted by molar-refractivity contribution is 7.98. The molecule has 3 heteroatoms. The minimum absolute atomic E-state index is 1.09. The Bertz CT molecular complexity index is 220. The first kappa shape index (κ1) is 10.1. The zero-order valence-corrected chi connectivity index (χ0v) is 9.30. The molecule has 0 atom stereocenters. The smallest absolute Gasteiger partial charge is 0.0897 e. The zero-order chi connectivity index (χ0) is 8.81. The highest BCUT2D eigenvalue weighted by Gasteiger charge is 1.97. The molecule has 0 amide bonds. The molecule has 1 heterocycles. The average molecular weight is 201 g/mol. The van der Waals surface area contributed by atoms with Crippen LogP contribution in [0.4, 0.5) is 0 Å². The van der Waals surface area contributed by atoms with Gasteiger partial charge in [0.15, 0.2) is 0 Å². The summed E-state index contributed by atoms with van der Waals surface area (Å²) in [5, 5.41) is 3.34. The molecule has 0 aromatic carbocycles. The van der Waals surface area contributed by atoms with Crippen LogP contribution in [0.3, 0.4) is 0 Å². The number of nitrogens with zero attached hydrogens (tertiary/aromatic N) is 1. The van der Waals surface area contributed by atoms with Crippen molar-refractivity contribution >= 4 is 23.1 Å². The van der Waals surface area contributed by atoms with Crippen LogP contribution in [-0.2, 0) is 5.75 Å². The standard InChI is InChI=1S/C9H15NS2/c1-3-4-5-11-6-9-7-12-8(2)10-9/h7H,3-6H2,1-2H3. The molecule has 0 unspecified atom stereocenters. The molecule has 1 aromatic heterocycles. The summed E-state index contributed by atoms with van der Waals surface area (Å²) in [4.78, 5) is 4.41. The minimum Gasteiger partial charge on any atom is -0.246 e. The van der Waals surface area contributed by atoms with Gasteiger partial charge in [0, 0.05) is 11.1 Å². The van der Waals surface area contributed by atoms with E-state index in [-0.39, 0.29) is 0 Å². The summed E-state index contributed by atoms with van der Waals surface area (Å²) in [5.74, 6) is 2.36. The van der Waals surface area contributed by atoms with Crippen LogP contribution in [0.15, 0.2) is 5.38 Å². The summed E-state index contributed by atoms with van der Waals surface area (Å²) in [5.41, 5.74) is 1.25. The van der Waals surface area contributed by atoms with Gasteiger partial charge in [-0.1, -0.05) is 13.3 Å². The zero-order valence-electron chi connectivity index (χ0n) is 7.67. The van der Waals surface area contributed by atoms with Crippen molar-refractivity contribution in [2.75, 3.05) is 5.75 Å². The van der Waals surface area contributed by atoms with Crippen LogP contribution in [0.1, 0.15) is 30.5 Å². The Kier molecular flexibility index (Phi) is 4.69. The molecule has 68 valence electrons. The summed E-state index contributed by atoms with van der Waals surface area (Å²) in [6.07, 6.45) is 2.62. The molecule has 0 N–H and O–H groups in total. The molecule has 0 spiro atoms. The van der Waals surface area contributed by atoms with Crippen molar-refractivity contribution < 1.29 is 0 Å². The normalized spacial score (nSPS) is 10.5. The van der Waals surface area contributed by atoms with Gasteiger partial charge < -0.3 is 0 Å². The molecule has 0 radical (unpaired) electrons. The van der Waals surface area contributed by atoms with E-state index in [1.807, 2.05) is 11.8 Å². The molecule has 1 rings (SSSR count). The number of rotatable bonds is 5. The molecule has 0 aliphatic carbocycles. The van der Waals surface area contributed by atoms with Gasteiger partial charge in [-0.05, 0) is 19.1 Å². The molecule has 12 heavy (non-hydrogen) atoms. The number of thioether (sulfide) groups is 1. The van der Waals surface area contributed by atoms with Crippen LogP contribution in [0.5, 0.6) is 0 Å². The molecular formula is C9H15NS2. The molecule has 1 nitrogen and oxygen atoms in total. The van der Waals surface area contributed by atoms with E-state index in [0.29, 0.717) is 0 Å². The van der Waals surface area contributed by atoms with Gasteiger partial charge >= 0.3 is 0 Å². The van der Waals surface area contributed by atoms with E-state index < -0.39 is 0 Å². The molecule has 1 aromatic rings. The van der Waals surface area contributed by atoms with Gasteiger partial charge in [-0.15, -0.1) is 11.3 Å². The number of aromatic nitrogens is 1. The third-order valence-electron chi connectivity index (χ3n) is 1.56. The molecule has 0 aliphatic heterocycles.